The monoisotopic (exact) mass is 215 g/mol. The molecule has 0 radical (unpaired) electrons. The van der Waals surface area contributed by atoms with Crippen LogP contribution < -0.4 is 0 Å². The quantitative estimate of drug-likeness (QED) is 0.708. The lowest BCUT2D eigenvalue weighted by Crippen LogP contribution is -2.33. The first-order valence-corrected chi connectivity index (χ1v) is 5.22. The van der Waals surface area contributed by atoms with Gasteiger partial charge in [0, 0.05) is 11.6 Å². The van der Waals surface area contributed by atoms with Crippen LogP contribution in [-0.4, -0.2) is 16.7 Å². The Morgan fingerprint density at radius 3 is 2.25 bits per heavy atom. The standard InChI is InChI=1S/C13H13NO2/c1-9-8-12(15)14(13(9)16)10(2)11-6-4-3-5-7-11/h3-8,10H,1-2H3/t10-/m1/s1. The van der Waals surface area contributed by atoms with Crippen LogP contribution in [0.25, 0.3) is 0 Å². The van der Waals surface area contributed by atoms with Crippen molar-refractivity contribution < 1.29 is 9.59 Å². The Morgan fingerprint density at radius 1 is 1.12 bits per heavy atom. The SMILES string of the molecule is CC1=CC(=O)N([C@H](C)c2ccccc2)C1=O. The van der Waals surface area contributed by atoms with Crippen LogP contribution in [0.15, 0.2) is 42.0 Å². The van der Waals surface area contributed by atoms with E-state index < -0.39 is 0 Å². The van der Waals surface area contributed by atoms with Gasteiger partial charge in [-0.2, -0.15) is 0 Å². The molecule has 1 aromatic rings. The van der Waals surface area contributed by atoms with Gasteiger partial charge in [-0.05, 0) is 19.4 Å². The molecule has 3 nitrogen and oxygen atoms in total. The van der Waals surface area contributed by atoms with E-state index in [9.17, 15) is 9.59 Å². The van der Waals surface area contributed by atoms with Gasteiger partial charge < -0.3 is 0 Å². The highest BCUT2D eigenvalue weighted by atomic mass is 16.2. The van der Waals surface area contributed by atoms with E-state index in [-0.39, 0.29) is 17.9 Å². The van der Waals surface area contributed by atoms with Gasteiger partial charge in [0.2, 0.25) is 0 Å². The molecule has 0 saturated heterocycles. The van der Waals surface area contributed by atoms with E-state index in [0.29, 0.717) is 5.57 Å². The Labute approximate surface area is 94.4 Å². The van der Waals surface area contributed by atoms with Crippen molar-refractivity contribution in [2.24, 2.45) is 0 Å². The molecule has 0 bridgehead atoms. The van der Waals surface area contributed by atoms with Gasteiger partial charge in [-0.3, -0.25) is 14.5 Å². The third-order valence-electron chi connectivity index (χ3n) is 2.80. The second kappa shape index (κ2) is 3.93. The Balaban J connectivity index is 2.28. The van der Waals surface area contributed by atoms with Crippen LogP contribution >= 0.6 is 0 Å². The molecular weight excluding hydrogens is 202 g/mol. The Hall–Kier alpha value is -1.90. The minimum Gasteiger partial charge on any atom is -0.269 e. The summed E-state index contributed by atoms with van der Waals surface area (Å²) in [6.45, 7) is 3.52. The van der Waals surface area contributed by atoms with Crippen molar-refractivity contribution in [1.82, 2.24) is 4.90 Å². The number of hydrogen-bond acceptors (Lipinski definition) is 2. The third-order valence-corrected chi connectivity index (χ3v) is 2.80. The predicted octanol–water partition coefficient (Wildman–Crippen LogP) is 2.06. The first-order chi connectivity index (χ1) is 7.61. The molecule has 1 aliphatic heterocycles. The number of rotatable bonds is 2. The van der Waals surface area contributed by atoms with Gasteiger partial charge in [-0.25, -0.2) is 0 Å². The second-order valence-corrected chi connectivity index (χ2v) is 3.93. The zero-order chi connectivity index (χ0) is 11.7. The van der Waals surface area contributed by atoms with Crippen molar-refractivity contribution in [3.63, 3.8) is 0 Å². The van der Waals surface area contributed by atoms with Gasteiger partial charge >= 0.3 is 0 Å². The van der Waals surface area contributed by atoms with Crippen LogP contribution in [0.2, 0.25) is 0 Å². The summed E-state index contributed by atoms with van der Waals surface area (Å²) in [5, 5.41) is 0. The number of benzene rings is 1. The maximum absolute atomic E-state index is 11.8. The van der Waals surface area contributed by atoms with E-state index in [1.807, 2.05) is 37.3 Å². The van der Waals surface area contributed by atoms with E-state index in [2.05, 4.69) is 0 Å². The van der Waals surface area contributed by atoms with Crippen LogP contribution in [0.3, 0.4) is 0 Å². The zero-order valence-corrected chi connectivity index (χ0v) is 9.31. The summed E-state index contributed by atoms with van der Waals surface area (Å²) in [7, 11) is 0. The lowest BCUT2D eigenvalue weighted by molar-refractivity contribution is -0.139. The van der Waals surface area contributed by atoms with E-state index in [1.165, 1.54) is 11.0 Å². The fraction of sp³-hybridized carbons (Fsp3) is 0.231. The molecule has 0 aromatic heterocycles. The van der Waals surface area contributed by atoms with Crippen LogP contribution in [0.4, 0.5) is 0 Å². The van der Waals surface area contributed by atoms with Gasteiger partial charge in [-0.15, -0.1) is 0 Å². The zero-order valence-electron chi connectivity index (χ0n) is 9.31. The van der Waals surface area contributed by atoms with Gasteiger partial charge in [0.15, 0.2) is 0 Å². The summed E-state index contributed by atoms with van der Waals surface area (Å²) < 4.78 is 0. The fourth-order valence-corrected chi connectivity index (χ4v) is 1.85. The number of nitrogens with zero attached hydrogens (tertiary/aromatic N) is 1. The Kier molecular flexibility index (Phi) is 2.60. The second-order valence-electron chi connectivity index (χ2n) is 3.93. The van der Waals surface area contributed by atoms with E-state index >= 15 is 0 Å². The van der Waals surface area contributed by atoms with Crippen molar-refractivity contribution in [3.05, 3.63) is 47.5 Å². The molecule has 0 unspecified atom stereocenters. The minimum absolute atomic E-state index is 0.193. The molecule has 1 atom stereocenters. The highest BCUT2D eigenvalue weighted by Gasteiger charge is 2.32. The average Bonchev–Trinajstić information content (AvgIpc) is 2.54. The van der Waals surface area contributed by atoms with Crippen LogP contribution in [0.5, 0.6) is 0 Å². The molecule has 0 fully saturated rings. The molecule has 16 heavy (non-hydrogen) atoms. The topological polar surface area (TPSA) is 37.4 Å². The molecule has 1 aromatic carbocycles. The fourth-order valence-electron chi connectivity index (χ4n) is 1.85. The maximum atomic E-state index is 11.8. The Bertz CT molecular complexity index is 462. The van der Waals surface area contributed by atoms with Crippen molar-refractivity contribution in [2.45, 2.75) is 19.9 Å². The van der Waals surface area contributed by atoms with Crippen LogP contribution in [-0.2, 0) is 9.59 Å². The molecular formula is C13H13NO2. The average molecular weight is 215 g/mol. The van der Waals surface area contributed by atoms with Gasteiger partial charge in [0.1, 0.15) is 0 Å². The lowest BCUT2D eigenvalue weighted by atomic mass is 10.1. The molecule has 0 saturated carbocycles. The molecule has 3 heteroatoms. The smallest absolute Gasteiger partial charge is 0.257 e. The third kappa shape index (κ3) is 1.65. The summed E-state index contributed by atoms with van der Waals surface area (Å²) in [4.78, 5) is 24.7. The van der Waals surface area contributed by atoms with Gasteiger partial charge in [0.05, 0.1) is 6.04 Å². The normalized spacial score (nSPS) is 17.6. The number of imide groups is 1. The van der Waals surface area contributed by atoms with Gasteiger partial charge in [-0.1, -0.05) is 30.3 Å². The molecule has 1 aliphatic rings. The summed E-state index contributed by atoms with van der Waals surface area (Å²) in [5.74, 6) is -0.416. The lowest BCUT2D eigenvalue weighted by Gasteiger charge is -2.23. The number of amides is 2. The highest BCUT2D eigenvalue weighted by Crippen LogP contribution is 2.25. The van der Waals surface area contributed by atoms with Crippen molar-refractivity contribution >= 4 is 11.8 Å². The number of hydrogen-bond donors (Lipinski definition) is 0. The van der Waals surface area contributed by atoms with Crippen LogP contribution in [0, 0.1) is 0 Å². The van der Waals surface area contributed by atoms with E-state index in [4.69, 9.17) is 0 Å². The predicted molar refractivity (Wildman–Crippen MR) is 60.5 cm³/mol. The Morgan fingerprint density at radius 2 is 1.75 bits per heavy atom. The van der Waals surface area contributed by atoms with Crippen molar-refractivity contribution in [1.29, 1.82) is 0 Å². The van der Waals surface area contributed by atoms with E-state index in [1.54, 1.807) is 6.92 Å². The summed E-state index contributed by atoms with van der Waals surface area (Å²) in [6.07, 6.45) is 1.39. The minimum atomic E-state index is -0.223. The summed E-state index contributed by atoms with van der Waals surface area (Å²) >= 11 is 0. The molecule has 1 heterocycles. The first kappa shape index (κ1) is 10.6. The first-order valence-electron chi connectivity index (χ1n) is 5.22. The maximum Gasteiger partial charge on any atom is 0.257 e. The van der Waals surface area contributed by atoms with E-state index in [0.717, 1.165) is 5.56 Å². The number of carbonyl (C=O) groups is 2. The molecule has 2 rings (SSSR count). The molecule has 2 amide bonds. The molecule has 0 aliphatic carbocycles. The van der Waals surface area contributed by atoms with Crippen molar-refractivity contribution in [2.75, 3.05) is 0 Å². The summed E-state index contributed by atoms with van der Waals surface area (Å²) in [6, 6.07) is 9.33. The van der Waals surface area contributed by atoms with Gasteiger partial charge in [0.25, 0.3) is 11.8 Å². The number of carbonyl (C=O) groups excluding carboxylic acids is 2. The summed E-state index contributed by atoms with van der Waals surface area (Å²) in [5.41, 5.74) is 1.47. The van der Waals surface area contributed by atoms with Crippen molar-refractivity contribution in [3.8, 4) is 0 Å². The molecule has 82 valence electrons. The largest absolute Gasteiger partial charge is 0.269 e. The molecule has 0 N–H and O–H groups in total. The molecule has 0 spiro atoms. The highest BCUT2D eigenvalue weighted by molar-refractivity contribution is 6.16. The van der Waals surface area contributed by atoms with Crippen LogP contribution in [0.1, 0.15) is 25.5 Å².